The average molecular weight is 290 g/mol. The van der Waals surface area contributed by atoms with Crippen molar-refractivity contribution in [3.63, 3.8) is 0 Å². The van der Waals surface area contributed by atoms with Crippen molar-refractivity contribution in [2.75, 3.05) is 13.1 Å². The number of hydrogen-bond donors (Lipinski definition) is 0. The number of morpholine rings is 1. The van der Waals surface area contributed by atoms with Crippen LogP contribution in [0.15, 0.2) is 30.3 Å². The Balaban J connectivity index is 2.05. The van der Waals surface area contributed by atoms with Crippen LogP contribution in [0, 0.1) is 10.1 Å². The van der Waals surface area contributed by atoms with Gasteiger partial charge in [-0.3, -0.25) is 14.9 Å². The SMILES string of the molecule is CC1CN(C(=O)/C=C/c2cccc([N+](=O)[O-])c2)CC(C)O1. The summed E-state index contributed by atoms with van der Waals surface area (Å²) in [6.45, 7) is 4.98. The van der Waals surface area contributed by atoms with Crippen LogP contribution in [0.3, 0.4) is 0 Å². The minimum atomic E-state index is -0.454. The molecule has 1 heterocycles. The van der Waals surface area contributed by atoms with Gasteiger partial charge in [-0.1, -0.05) is 12.1 Å². The van der Waals surface area contributed by atoms with Gasteiger partial charge in [0.05, 0.1) is 17.1 Å². The lowest BCUT2D eigenvalue weighted by molar-refractivity contribution is -0.384. The van der Waals surface area contributed by atoms with Crippen molar-refractivity contribution in [2.24, 2.45) is 0 Å². The third-order valence-electron chi connectivity index (χ3n) is 3.23. The molecule has 0 spiro atoms. The molecular formula is C15H18N2O4. The Morgan fingerprint density at radius 1 is 1.38 bits per heavy atom. The van der Waals surface area contributed by atoms with Gasteiger partial charge in [0.1, 0.15) is 0 Å². The number of nitro groups is 1. The maximum Gasteiger partial charge on any atom is 0.270 e. The Hall–Kier alpha value is -2.21. The van der Waals surface area contributed by atoms with E-state index in [1.165, 1.54) is 18.2 Å². The van der Waals surface area contributed by atoms with Crippen LogP contribution in [-0.2, 0) is 9.53 Å². The number of hydrogen-bond acceptors (Lipinski definition) is 4. The van der Waals surface area contributed by atoms with Gasteiger partial charge in [-0.2, -0.15) is 0 Å². The summed E-state index contributed by atoms with van der Waals surface area (Å²) in [6, 6.07) is 6.18. The molecule has 1 saturated heterocycles. The Labute approximate surface area is 123 Å². The molecule has 2 rings (SSSR count). The lowest BCUT2D eigenvalue weighted by atomic mass is 10.1. The second-order valence-electron chi connectivity index (χ2n) is 5.19. The molecule has 1 aliphatic heterocycles. The van der Waals surface area contributed by atoms with Crippen LogP contribution >= 0.6 is 0 Å². The van der Waals surface area contributed by atoms with Crippen molar-refractivity contribution in [3.8, 4) is 0 Å². The van der Waals surface area contributed by atoms with E-state index in [1.54, 1.807) is 23.1 Å². The summed E-state index contributed by atoms with van der Waals surface area (Å²) in [5.74, 6) is -0.108. The maximum atomic E-state index is 12.1. The Kier molecular flexibility index (Phi) is 4.70. The highest BCUT2D eigenvalue weighted by atomic mass is 16.6. The summed E-state index contributed by atoms with van der Waals surface area (Å²) < 4.78 is 5.58. The van der Waals surface area contributed by atoms with Gasteiger partial charge in [-0.15, -0.1) is 0 Å². The maximum absolute atomic E-state index is 12.1. The minimum absolute atomic E-state index is 0.0122. The molecule has 1 aromatic rings. The van der Waals surface area contributed by atoms with Crippen LogP contribution in [0.1, 0.15) is 19.4 Å². The highest BCUT2D eigenvalue weighted by Crippen LogP contribution is 2.15. The first-order valence-electron chi connectivity index (χ1n) is 6.82. The zero-order chi connectivity index (χ0) is 15.4. The molecule has 1 fully saturated rings. The number of ether oxygens (including phenoxy) is 1. The second kappa shape index (κ2) is 6.49. The van der Waals surface area contributed by atoms with E-state index in [4.69, 9.17) is 4.74 Å². The standard InChI is InChI=1S/C15H18N2O4/c1-11-9-16(10-12(2)21-11)15(18)7-6-13-4-3-5-14(8-13)17(19)20/h3-8,11-12H,9-10H2,1-2H3/b7-6+. The van der Waals surface area contributed by atoms with E-state index in [1.807, 2.05) is 13.8 Å². The quantitative estimate of drug-likeness (QED) is 0.486. The van der Waals surface area contributed by atoms with E-state index in [9.17, 15) is 14.9 Å². The van der Waals surface area contributed by atoms with Crippen LogP contribution in [0.4, 0.5) is 5.69 Å². The molecule has 1 aliphatic rings. The summed E-state index contributed by atoms with van der Waals surface area (Å²) >= 11 is 0. The van der Waals surface area contributed by atoms with Gasteiger partial charge in [0.2, 0.25) is 5.91 Å². The van der Waals surface area contributed by atoms with Crippen molar-refractivity contribution in [1.29, 1.82) is 0 Å². The van der Waals surface area contributed by atoms with E-state index in [0.717, 1.165) is 0 Å². The van der Waals surface area contributed by atoms with E-state index in [-0.39, 0.29) is 23.8 Å². The van der Waals surface area contributed by atoms with Crippen molar-refractivity contribution >= 4 is 17.7 Å². The van der Waals surface area contributed by atoms with Crippen molar-refractivity contribution in [3.05, 3.63) is 46.0 Å². The number of non-ortho nitro benzene ring substituents is 1. The molecule has 0 bridgehead atoms. The predicted octanol–water partition coefficient (Wildman–Crippen LogP) is 2.24. The third kappa shape index (κ3) is 4.13. The first-order valence-corrected chi connectivity index (χ1v) is 6.82. The number of rotatable bonds is 3. The number of benzene rings is 1. The molecule has 21 heavy (non-hydrogen) atoms. The number of nitrogens with zero attached hydrogens (tertiary/aromatic N) is 2. The van der Waals surface area contributed by atoms with Crippen molar-refractivity contribution < 1.29 is 14.5 Å². The van der Waals surface area contributed by atoms with Gasteiger partial charge in [0.15, 0.2) is 0 Å². The first-order chi connectivity index (χ1) is 9.95. The van der Waals surface area contributed by atoms with Gasteiger partial charge in [0, 0.05) is 31.3 Å². The summed E-state index contributed by atoms with van der Waals surface area (Å²) in [4.78, 5) is 24.1. The van der Waals surface area contributed by atoms with Crippen molar-refractivity contribution in [1.82, 2.24) is 4.90 Å². The minimum Gasteiger partial charge on any atom is -0.372 e. The number of carbonyl (C=O) groups excluding carboxylic acids is 1. The van der Waals surface area contributed by atoms with E-state index in [0.29, 0.717) is 18.7 Å². The number of carbonyl (C=O) groups is 1. The van der Waals surface area contributed by atoms with Gasteiger partial charge in [-0.25, -0.2) is 0 Å². The highest BCUT2D eigenvalue weighted by Gasteiger charge is 2.24. The van der Waals surface area contributed by atoms with Gasteiger partial charge >= 0.3 is 0 Å². The normalized spacial score (nSPS) is 22.5. The highest BCUT2D eigenvalue weighted by molar-refractivity contribution is 5.92. The number of nitro benzene ring substituents is 1. The predicted molar refractivity (Wildman–Crippen MR) is 78.7 cm³/mol. The zero-order valence-corrected chi connectivity index (χ0v) is 12.1. The second-order valence-corrected chi connectivity index (χ2v) is 5.19. The summed E-state index contributed by atoms with van der Waals surface area (Å²) in [6.07, 6.45) is 3.08. The van der Waals surface area contributed by atoms with Gasteiger partial charge in [0.25, 0.3) is 5.69 Å². The molecular weight excluding hydrogens is 272 g/mol. The molecule has 0 saturated carbocycles. The molecule has 6 nitrogen and oxygen atoms in total. The third-order valence-corrected chi connectivity index (χ3v) is 3.23. The number of amides is 1. The Morgan fingerprint density at radius 2 is 2.05 bits per heavy atom. The van der Waals surface area contributed by atoms with Crippen LogP contribution in [0.5, 0.6) is 0 Å². The fourth-order valence-corrected chi connectivity index (χ4v) is 2.37. The fraction of sp³-hybridized carbons (Fsp3) is 0.400. The van der Waals surface area contributed by atoms with Crippen molar-refractivity contribution in [2.45, 2.75) is 26.1 Å². The lowest BCUT2D eigenvalue weighted by Gasteiger charge is -2.34. The van der Waals surface area contributed by atoms with E-state index >= 15 is 0 Å². The largest absolute Gasteiger partial charge is 0.372 e. The van der Waals surface area contributed by atoms with Gasteiger partial charge in [-0.05, 0) is 25.5 Å². The smallest absolute Gasteiger partial charge is 0.270 e. The van der Waals surface area contributed by atoms with Gasteiger partial charge < -0.3 is 9.64 Å². The summed E-state index contributed by atoms with van der Waals surface area (Å²) in [7, 11) is 0. The summed E-state index contributed by atoms with van der Waals surface area (Å²) in [5, 5.41) is 10.7. The van der Waals surface area contributed by atoms with E-state index < -0.39 is 4.92 Å². The molecule has 0 aromatic heterocycles. The fourth-order valence-electron chi connectivity index (χ4n) is 2.37. The Morgan fingerprint density at radius 3 is 2.67 bits per heavy atom. The Bertz CT molecular complexity index is 561. The molecule has 2 unspecified atom stereocenters. The van der Waals surface area contributed by atoms with E-state index in [2.05, 4.69) is 0 Å². The van der Waals surface area contributed by atoms with Crippen LogP contribution < -0.4 is 0 Å². The summed E-state index contributed by atoms with van der Waals surface area (Å²) in [5.41, 5.74) is 0.644. The molecule has 0 radical (unpaired) electrons. The molecule has 1 amide bonds. The lowest BCUT2D eigenvalue weighted by Crippen LogP contribution is -2.47. The molecule has 0 N–H and O–H groups in total. The molecule has 0 aliphatic carbocycles. The molecule has 112 valence electrons. The van der Waals surface area contributed by atoms with Crippen LogP contribution in [0.25, 0.3) is 6.08 Å². The van der Waals surface area contributed by atoms with Crippen LogP contribution in [-0.4, -0.2) is 41.0 Å². The first kappa shape index (κ1) is 15.2. The molecule has 6 heteroatoms. The zero-order valence-electron chi connectivity index (χ0n) is 12.1. The molecule has 1 aromatic carbocycles. The monoisotopic (exact) mass is 290 g/mol. The average Bonchev–Trinajstić information content (AvgIpc) is 2.44. The topological polar surface area (TPSA) is 72.7 Å². The molecule has 2 atom stereocenters. The van der Waals surface area contributed by atoms with Crippen LogP contribution in [0.2, 0.25) is 0 Å².